The SMILES string of the molecule is CCC[C@H](NC(=O)[C@H](CC1=CC=CCC1)NC(=O)[C@H](CCC)C(C)C)C(N)=O. The molecule has 0 heterocycles. The highest BCUT2D eigenvalue weighted by molar-refractivity contribution is 5.92. The van der Waals surface area contributed by atoms with E-state index in [1.807, 2.05) is 39.8 Å². The normalized spacial score (nSPS) is 16.8. The molecular formula is C22H37N3O3. The van der Waals surface area contributed by atoms with Gasteiger partial charge in [0.2, 0.25) is 17.7 Å². The van der Waals surface area contributed by atoms with Gasteiger partial charge in [0.05, 0.1) is 0 Å². The standard InChI is InChI=1S/C22H37N3O3/c1-5-10-17(15(3)4)21(27)25-19(14-16-12-8-7-9-13-16)22(28)24-18(11-6-2)20(23)26/h7-8,12,15,17-19H,5-6,9-11,13-14H2,1-4H3,(H2,23,26)(H,24,28)(H,25,27)/t17-,18+,19+/m1/s1. The minimum absolute atomic E-state index is 0.102. The second kappa shape index (κ2) is 12.4. The Morgan fingerprint density at radius 3 is 2.18 bits per heavy atom. The number of allylic oxidation sites excluding steroid dienone is 3. The van der Waals surface area contributed by atoms with E-state index in [9.17, 15) is 14.4 Å². The molecule has 4 N–H and O–H groups in total. The van der Waals surface area contributed by atoms with E-state index < -0.39 is 18.0 Å². The molecular weight excluding hydrogens is 354 g/mol. The number of carbonyl (C=O) groups is 3. The molecule has 0 aromatic carbocycles. The third-order valence-corrected chi connectivity index (χ3v) is 5.18. The molecule has 1 aliphatic carbocycles. The summed E-state index contributed by atoms with van der Waals surface area (Å²) in [5, 5.41) is 5.69. The summed E-state index contributed by atoms with van der Waals surface area (Å²) in [6.07, 6.45) is 11.2. The summed E-state index contributed by atoms with van der Waals surface area (Å²) >= 11 is 0. The summed E-state index contributed by atoms with van der Waals surface area (Å²) < 4.78 is 0. The van der Waals surface area contributed by atoms with E-state index in [0.29, 0.717) is 12.8 Å². The first-order valence-corrected chi connectivity index (χ1v) is 10.5. The fraction of sp³-hybridized carbons (Fsp3) is 0.682. The first kappa shape index (κ1) is 23.9. The predicted octanol–water partition coefficient (Wildman–Crippen LogP) is 2.98. The highest BCUT2D eigenvalue weighted by Crippen LogP contribution is 2.20. The average Bonchev–Trinajstić information content (AvgIpc) is 2.65. The largest absolute Gasteiger partial charge is 0.368 e. The van der Waals surface area contributed by atoms with Crippen LogP contribution in [0.2, 0.25) is 0 Å². The lowest BCUT2D eigenvalue weighted by Gasteiger charge is -2.26. The smallest absolute Gasteiger partial charge is 0.243 e. The Bertz CT molecular complexity index is 596. The first-order valence-electron chi connectivity index (χ1n) is 10.5. The van der Waals surface area contributed by atoms with E-state index in [4.69, 9.17) is 5.73 Å². The molecule has 0 aliphatic heterocycles. The zero-order valence-corrected chi connectivity index (χ0v) is 17.8. The van der Waals surface area contributed by atoms with Gasteiger partial charge in [0.1, 0.15) is 12.1 Å². The zero-order valence-electron chi connectivity index (χ0n) is 17.8. The molecule has 6 heteroatoms. The molecule has 0 spiro atoms. The van der Waals surface area contributed by atoms with Crippen LogP contribution >= 0.6 is 0 Å². The summed E-state index contributed by atoms with van der Waals surface area (Å²) in [6, 6.07) is -1.42. The lowest BCUT2D eigenvalue weighted by Crippen LogP contribution is -2.54. The number of amides is 3. The number of carbonyl (C=O) groups excluding carboxylic acids is 3. The van der Waals surface area contributed by atoms with Crippen LogP contribution in [-0.4, -0.2) is 29.8 Å². The Kier molecular flexibility index (Phi) is 10.6. The van der Waals surface area contributed by atoms with Gasteiger partial charge in [0.25, 0.3) is 0 Å². The minimum atomic E-state index is -0.714. The monoisotopic (exact) mass is 391 g/mol. The Labute approximate surface area is 169 Å². The summed E-state index contributed by atoms with van der Waals surface area (Å²) in [6.45, 7) is 8.02. The molecule has 0 bridgehead atoms. The number of hydrogen-bond donors (Lipinski definition) is 3. The van der Waals surface area contributed by atoms with Crippen molar-refractivity contribution in [1.29, 1.82) is 0 Å². The van der Waals surface area contributed by atoms with Gasteiger partial charge in [-0.15, -0.1) is 0 Å². The third-order valence-electron chi connectivity index (χ3n) is 5.18. The predicted molar refractivity (Wildman–Crippen MR) is 112 cm³/mol. The van der Waals surface area contributed by atoms with Crippen LogP contribution < -0.4 is 16.4 Å². The van der Waals surface area contributed by atoms with Crippen LogP contribution in [0.1, 0.15) is 72.6 Å². The van der Waals surface area contributed by atoms with Gasteiger partial charge in [0, 0.05) is 5.92 Å². The summed E-state index contributed by atoms with van der Waals surface area (Å²) in [5.74, 6) is -0.941. The average molecular weight is 392 g/mol. The topological polar surface area (TPSA) is 101 Å². The van der Waals surface area contributed by atoms with Crippen LogP contribution in [-0.2, 0) is 14.4 Å². The molecule has 6 nitrogen and oxygen atoms in total. The minimum Gasteiger partial charge on any atom is -0.368 e. The van der Waals surface area contributed by atoms with E-state index in [-0.39, 0.29) is 23.7 Å². The van der Waals surface area contributed by atoms with Crippen LogP contribution in [0.3, 0.4) is 0 Å². The van der Waals surface area contributed by atoms with Gasteiger partial charge in [-0.05, 0) is 38.0 Å². The van der Waals surface area contributed by atoms with E-state index in [1.165, 1.54) is 0 Å². The molecule has 0 saturated carbocycles. The van der Waals surface area contributed by atoms with Crippen LogP contribution in [0.15, 0.2) is 23.8 Å². The van der Waals surface area contributed by atoms with Gasteiger partial charge in [-0.1, -0.05) is 64.3 Å². The Morgan fingerprint density at radius 1 is 1.04 bits per heavy atom. The Balaban J connectivity index is 2.95. The highest BCUT2D eigenvalue weighted by Gasteiger charge is 2.29. The molecule has 0 unspecified atom stereocenters. The maximum Gasteiger partial charge on any atom is 0.243 e. The molecule has 0 aromatic rings. The first-order chi connectivity index (χ1) is 13.3. The van der Waals surface area contributed by atoms with Gasteiger partial charge in [0.15, 0.2) is 0 Å². The van der Waals surface area contributed by atoms with Crippen LogP contribution in [0.25, 0.3) is 0 Å². The van der Waals surface area contributed by atoms with Gasteiger partial charge in [-0.3, -0.25) is 14.4 Å². The second-order valence-corrected chi connectivity index (χ2v) is 7.95. The van der Waals surface area contributed by atoms with Crippen molar-refractivity contribution in [3.8, 4) is 0 Å². The van der Waals surface area contributed by atoms with Crippen molar-refractivity contribution in [2.24, 2.45) is 17.6 Å². The van der Waals surface area contributed by atoms with Crippen LogP contribution in [0, 0.1) is 11.8 Å². The summed E-state index contributed by atoms with van der Waals surface area (Å²) in [4.78, 5) is 37.4. The van der Waals surface area contributed by atoms with Gasteiger partial charge >= 0.3 is 0 Å². The van der Waals surface area contributed by atoms with Crippen LogP contribution in [0.4, 0.5) is 0 Å². The quantitative estimate of drug-likeness (QED) is 0.477. The van der Waals surface area contributed by atoms with Crippen molar-refractivity contribution < 1.29 is 14.4 Å². The Morgan fingerprint density at radius 2 is 1.68 bits per heavy atom. The zero-order chi connectivity index (χ0) is 21.1. The summed E-state index contributed by atoms with van der Waals surface area (Å²) in [5.41, 5.74) is 6.54. The van der Waals surface area contributed by atoms with E-state index >= 15 is 0 Å². The van der Waals surface area contributed by atoms with E-state index in [0.717, 1.165) is 37.7 Å². The number of nitrogens with two attached hydrogens (primary N) is 1. The van der Waals surface area contributed by atoms with Gasteiger partial charge in [-0.2, -0.15) is 0 Å². The fourth-order valence-corrected chi connectivity index (χ4v) is 3.50. The van der Waals surface area contributed by atoms with Crippen LogP contribution in [0.5, 0.6) is 0 Å². The highest BCUT2D eigenvalue weighted by atomic mass is 16.2. The van der Waals surface area contributed by atoms with E-state index in [1.54, 1.807) is 0 Å². The van der Waals surface area contributed by atoms with Crippen molar-refractivity contribution in [2.45, 2.75) is 84.7 Å². The molecule has 3 atom stereocenters. The van der Waals surface area contributed by atoms with Crippen molar-refractivity contribution in [3.63, 3.8) is 0 Å². The molecule has 158 valence electrons. The fourth-order valence-electron chi connectivity index (χ4n) is 3.50. The van der Waals surface area contributed by atoms with Crippen molar-refractivity contribution in [2.75, 3.05) is 0 Å². The molecule has 0 aromatic heterocycles. The molecule has 0 fully saturated rings. The lowest BCUT2D eigenvalue weighted by atomic mass is 9.89. The lowest BCUT2D eigenvalue weighted by molar-refractivity contribution is -0.133. The maximum atomic E-state index is 12.9. The molecule has 1 aliphatic rings. The summed E-state index contributed by atoms with van der Waals surface area (Å²) in [7, 11) is 0. The van der Waals surface area contributed by atoms with E-state index in [2.05, 4.69) is 16.7 Å². The second-order valence-electron chi connectivity index (χ2n) is 7.95. The number of hydrogen-bond acceptors (Lipinski definition) is 3. The maximum absolute atomic E-state index is 12.9. The number of rotatable bonds is 12. The molecule has 28 heavy (non-hydrogen) atoms. The molecule has 0 saturated heterocycles. The molecule has 3 amide bonds. The van der Waals surface area contributed by atoms with Gasteiger partial charge < -0.3 is 16.4 Å². The number of nitrogens with one attached hydrogen (secondary N) is 2. The third kappa shape index (κ3) is 7.87. The molecule has 0 radical (unpaired) electrons. The number of primary amides is 1. The Hall–Kier alpha value is -2.11. The van der Waals surface area contributed by atoms with Gasteiger partial charge in [-0.25, -0.2) is 0 Å². The molecule has 1 rings (SSSR count). The van der Waals surface area contributed by atoms with Crippen molar-refractivity contribution >= 4 is 17.7 Å². The van der Waals surface area contributed by atoms with Crippen molar-refractivity contribution in [3.05, 3.63) is 23.8 Å². The van der Waals surface area contributed by atoms with Crippen molar-refractivity contribution in [1.82, 2.24) is 10.6 Å².